The standard InChI is InChI=1S/C50H38N4O4/c1-55-35-13-17-47-41(25-35)42-26-36(56-2)14-18-48(42)53(47)33-9-5-31(6-10-33)45-29-51-23-21-39(45)40-22-24-52-30-46(40)32-7-11-34(12-8-32)54-49-19-15-37(57-3)27-43(49)44-28-38(58-4)16-20-50(44)54/h5-30H,1-4H3. The van der Waals surface area contributed by atoms with Crippen LogP contribution >= 0.6 is 0 Å². The Morgan fingerprint density at radius 2 is 0.655 bits per heavy atom. The van der Waals surface area contributed by atoms with Crippen LogP contribution in [0.1, 0.15) is 0 Å². The van der Waals surface area contributed by atoms with E-state index in [1.165, 1.54) is 0 Å². The molecule has 0 aliphatic heterocycles. The molecule has 0 saturated heterocycles. The quantitative estimate of drug-likeness (QED) is 0.146. The molecular formula is C50H38N4O4. The van der Waals surface area contributed by atoms with E-state index in [2.05, 4.69) is 128 Å². The van der Waals surface area contributed by atoms with Crippen molar-refractivity contribution in [1.82, 2.24) is 19.1 Å². The number of fused-ring (bicyclic) bond motifs is 6. The summed E-state index contributed by atoms with van der Waals surface area (Å²) in [6, 6.07) is 46.4. The molecule has 282 valence electrons. The molecule has 4 heterocycles. The van der Waals surface area contributed by atoms with E-state index < -0.39 is 0 Å². The van der Waals surface area contributed by atoms with Gasteiger partial charge in [0, 0.05) is 68.8 Å². The molecule has 4 aromatic heterocycles. The van der Waals surface area contributed by atoms with Gasteiger partial charge in [0.05, 0.1) is 50.5 Å². The average molecular weight is 759 g/mol. The summed E-state index contributed by atoms with van der Waals surface area (Å²) in [5, 5.41) is 4.39. The van der Waals surface area contributed by atoms with E-state index >= 15 is 0 Å². The Labute approximate surface area is 335 Å². The summed E-state index contributed by atoms with van der Waals surface area (Å²) >= 11 is 0. The molecule has 0 atom stereocenters. The molecule has 6 aromatic carbocycles. The summed E-state index contributed by atoms with van der Waals surface area (Å²) in [7, 11) is 6.78. The summed E-state index contributed by atoms with van der Waals surface area (Å²) in [5.74, 6) is 3.24. The van der Waals surface area contributed by atoms with E-state index in [1.54, 1.807) is 28.4 Å². The third kappa shape index (κ3) is 5.68. The van der Waals surface area contributed by atoms with Gasteiger partial charge in [0.15, 0.2) is 0 Å². The molecule has 0 unspecified atom stereocenters. The van der Waals surface area contributed by atoms with Crippen molar-refractivity contribution in [2.24, 2.45) is 0 Å². The summed E-state index contributed by atoms with van der Waals surface area (Å²) in [4.78, 5) is 9.17. The fraction of sp³-hybridized carbons (Fsp3) is 0.0800. The molecule has 10 rings (SSSR count). The Morgan fingerprint density at radius 3 is 0.948 bits per heavy atom. The lowest BCUT2D eigenvalue weighted by Gasteiger charge is -2.15. The highest BCUT2D eigenvalue weighted by Crippen LogP contribution is 2.41. The maximum absolute atomic E-state index is 5.59. The monoisotopic (exact) mass is 758 g/mol. The average Bonchev–Trinajstić information content (AvgIpc) is 3.80. The van der Waals surface area contributed by atoms with Gasteiger partial charge in [0.25, 0.3) is 0 Å². The molecule has 8 heteroatoms. The van der Waals surface area contributed by atoms with Gasteiger partial charge in [-0.1, -0.05) is 24.3 Å². The van der Waals surface area contributed by atoms with Crippen LogP contribution in [0.25, 0.3) is 88.4 Å². The number of hydrogen-bond donors (Lipinski definition) is 0. The van der Waals surface area contributed by atoms with Gasteiger partial charge in [0.2, 0.25) is 0 Å². The van der Waals surface area contributed by atoms with Gasteiger partial charge in [-0.3, -0.25) is 9.97 Å². The largest absolute Gasteiger partial charge is 0.497 e. The van der Waals surface area contributed by atoms with Crippen molar-refractivity contribution in [3.05, 3.63) is 158 Å². The lowest BCUT2D eigenvalue weighted by molar-refractivity contribution is 0.415. The van der Waals surface area contributed by atoms with Crippen LogP contribution in [0.5, 0.6) is 23.0 Å². The molecule has 10 aromatic rings. The van der Waals surface area contributed by atoms with E-state index in [0.29, 0.717) is 0 Å². The summed E-state index contributed by atoms with van der Waals surface area (Å²) in [5.41, 5.74) is 12.8. The summed E-state index contributed by atoms with van der Waals surface area (Å²) in [6.07, 6.45) is 7.60. The lowest BCUT2D eigenvalue weighted by atomic mass is 9.91. The van der Waals surface area contributed by atoms with Crippen LogP contribution in [-0.4, -0.2) is 47.5 Å². The second-order valence-corrected chi connectivity index (χ2v) is 14.1. The Balaban J connectivity index is 1.03. The molecule has 0 aliphatic rings. The van der Waals surface area contributed by atoms with Crippen molar-refractivity contribution in [3.63, 3.8) is 0 Å². The van der Waals surface area contributed by atoms with Crippen LogP contribution in [0.3, 0.4) is 0 Å². The zero-order valence-corrected chi connectivity index (χ0v) is 32.4. The minimum absolute atomic E-state index is 0.811. The highest BCUT2D eigenvalue weighted by atomic mass is 16.5. The van der Waals surface area contributed by atoms with E-state index in [4.69, 9.17) is 18.9 Å². The van der Waals surface area contributed by atoms with Crippen molar-refractivity contribution in [3.8, 4) is 67.8 Å². The van der Waals surface area contributed by atoms with Crippen LogP contribution in [0.4, 0.5) is 0 Å². The first kappa shape index (κ1) is 34.9. The first-order valence-corrected chi connectivity index (χ1v) is 19.0. The first-order chi connectivity index (χ1) is 28.6. The fourth-order valence-corrected chi connectivity index (χ4v) is 8.33. The molecule has 0 fully saturated rings. The maximum atomic E-state index is 5.59. The molecule has 0 N–H and O–H groups in total. The van der Waals surface area contributed by atoms with E-state index in [9.17, 15) is 0 Å². The van der Waals surface area contributed by atoms with Crippen LogP contribution < -0.4 is 18.9 Å². The molecule has 58 heavy (non-hydrogen) atoms. The topological polar surface area (TPSA) is 72.6 Å². The van der Waals surface area contributed by atoms with Crippen molar-refractivity contribution in [2.45, 2.75) is 0 Å². The molecular weight excluding hydrogens is 721 g/mol. The third-order valence-electron chi connectivity index (χ3n) is 11.2. The van der Waals surface area contributed by atoms with E-state index in [0.717, 1.165) is 111 Å². The number of nitrogens with zero attached hydrogens (tertiary/aromatic N) is 4. The van der Waals surface area contributed by atoms with E-state index in [-0.39, 0.29) is 0 Å². The Morgan fingerprint density at radius 1 is 0.345 bits per heavy atom. The highest BCUT2D eigenvalue weighted by Gasteiger charge is 2.18. The van der Waals surface area contributed by atoms with Crippen molar-refractivity contribution >= 4 is 43.6 Å². The number of aromatic nitrogens is 4. The van der Waals surface area contributed by atoms with Gasteiger partial charge >= 0.3 is 0 Å². The molecule has 8 nitrogen and oxygen atoms in total. The van der Waals surface area contributed by atoms with Gasteiger partial charge in [-0.2, -0.15) is 0 Å². The van der Waals surface area contributed by atoms with Crippen LogP contribution in [0.2, 0.25) is 0 Å². The number of ether oxygens (including phenoxy) is 4. The fourth-order valence-electron chi connectivity index (χ4n) is 8.33. The van der Waals surface area contributed by atoms with Gasteiger partial charge in [-0.15, -0.1) is 0 Å². The normalized spacial score (nSPS) is 11.4. The van der Waals surface area contributed by atoms with Gasteiger partial charge in [-0.05, 0) is 131 Å². The maximum Gasteiger partial charge on any atom is 0.119 e. The van der Waals surface area contributed by atoms with Crippen LogP contribution in [0, 0.1) is 0 Å². The number of methoxy groups -OCH3 is 4. The highest BCUT2D eigenvalue weighted by molar-refractivity contribution is 6.11. The lowest BCUT2D eigenvalue weighted by Crippen LogP contribution is -1.96. The zero-order valence-electron chi connectivity index (χ0n) is 32.4. The molecule has 0 aliphatic carbocycles. The number of pyridine rings is 2. The Kier molecular flexibility index (Phi) is 8.52. The first-order valence-electron chi connectivity index (χ1n) is 19.0. The SMILES string of the molecule is COc1ccc2c(c1)c1cc(OC)ccc1n2-c1ccc(-c2cnccc2-c2ccncc2-c2ccc(-n3c4ccc(OC)cc4c4cc(OC)ccc43)cc2)cc1. The molecule has 0 radical (unpaired) electrons. The number of benzene rings is 6. The predicted molar refractivity (Wildman–Crippen MR) is 233 cm³/mol. The Hall–Kier alpha value is -7.58. The van der Waals surface area contributed by atoms with Crippen LogP contribution in [0.15, 0.2) is 158 Å². The minimum atomic E-state index is 0.811. The summed E-state index contributed by atoms with van der Waals surface area (Å²) < 4.78 is 27.0. The molecule has 0 saturated carbocycles. The van der Waals surface area contributed by atoms with Crippen molar-refractivity contribution in [1.29, 1.82) is 0 Å². The van der Waals surface area contributed by atoms with E-state index in [1.807, 2.05) is 49.1 Å². The van der Waals surface area contributed by atoms with Gasteiger partial charge < -0.3 is 28.1 Å². The Bertz CT molecular complexity index is 2830. The number of hydrogen-bond acceptors (Lipinski definition) is 6. The van der Waals surface area contributed by atoms with Gasteiger partial charge in [-0.25, -0.2) is 0 Å². The van der Waals surface area contributed by atoms with Crippen molar-refractivity contribution in [2.75, 3.05) is 28.4 Å². The van der Waals surface area contributed by atoms with Crippen molar-refractivity contribution < 1.29 is 18.9 Å². The predicted octanol–water partition coefficient (Wildman–Crippen LogP) is 11.7. The second-order valence-electron chi connectivity index (χ2n) is 14.1. The third-order valence-corrected chi connectivity index (χ3v) is 11.2. The molecule has 0 spiro atoms. The van der Waals surface area contributed by atoms with Gasteiger partial charge in [0.1, 0.15) is 23.0 Å². The minimum Gasteiger partial charge on any atom is -0.497 e. The molecule has 0 amide bonds. The molecule has 0 bridgehead atoms. The summed E-state index contributed by atoms with van der Waals surface area (Å²) in [6.45, 7) is 0. The van der Waals surface area contributed by atoms with Crippen LogP contribution in [-0.2, 0) is 0 Å². The zero-order chi connectivity index (χ0) is 39.3. The smallest absolute Gasteiger partial charge is 0.119 e. The number of rotatable bonds is 9. The second kappa shape index (κ2) is 14.2.